The highest BCUT2D eigenvalue weighted by Gasteiger charge is 2.23. The second-order valence-electron chi connectivity index (χ2n) is 7.95. The van der Waals surface area contributed by atoms with Gasteiger partial charge in [-0.2, -0.15) is 0 Å². The molecule has 29 heavy (non-hydrogen) atoms. The van der Waals surface area contributed by atoms with E-state index in [1.54, 1.807) is 6.20 Å². The van der Waals surface area contributed by atoms with Gasteiger partial charge in [-0.1, -0.05) is 0 Å². The van der Waals surface area contributed by atoms with E-state index < -0.39 is 0 Å². The number of pyridine rings is 2. The van der Waals surface area contributed by atoms with Gasteiger partial charge in [-0.25, -0.2) is 9.97 Å². The second kappa shape index (κ2) is 8.66. The lowest BCUT2D eigenvalue weighted by Crippen LogP contribution is -2.36. The van der Waals surface area contributed by atoms with E-state index in [4.69, 9.17) is 10.5 Å². The fraction of sp³-hybridized carbons (Fsp3) is 0.391. The van der Waals surface area contributed by atoms with Crippen LogP contribution in [0.2, 0.25) is 0 Å². The number of piperidine rings is 1. The summed E-state index contributed by atoms with van der Waals surface area (Å²) in [5.41, 5.74) is 8.12. The molecule has 1 unspecified atom stereocenters. The molecule has 1 atom stereocenters. The molecule has 3 aromatic rings. The van der Waals surface area contributed by atoms with Gasteiger partial charge in [-0.05, 0) is 87.1 Å². The molecule has 0 saturated carbocycles. The number of benzene rings is 1. The number of ether oxygens (including phenoxy) is 1. The molecule has 3 heterocycles. The number of fused-ring (bicyclic) bond motifs is 1. The van der Waals surface area contributed by atoms with Crippen molar-refractivity contribution in [3.63, 3.8) is 0 Å². The van der Waals surface area contributed by atoms with Crippen LogP contribution in [0.4, 0.5) is 11.5 Å². The molecule has 2 aromatic heterocycles. The molecule has 1 aliphatic rings. The highest BCUT2D eigenvalue weighted by atomic mass is 16.5. The Balaban J connectivity index is 1.37. The van der Waals surface area contributed by atoms with Gasteiger partial charge in [0.15, 0.2) is 0 Å². The van der Waals surface area contributed by atoms with Crippen molar-refractivity contribution in [2.45, 2.75) is 32.4 Å². The maximum Gasteiger partial charge on any atom is 0.213 e. The van der Waals surface area contributed by atoms with Gasteiger partial charge in [0.1, 0.15) is 11.9 Å². The Morgan fingerprint density at radius 2 is 1.93 bits per heavy atom. The summed E-state index contributed by atoms with van der Waals surface area (Å²) in [6.07, 6.45) is 6.10. The smallest absolute Gasteiger partial charge is 0.213 e. The standard InChI is InChI=1S/C23H29N5O/c1-16(18-7-11-28(2)12-8-18)29-22-13-17(5-9-25-22)15-27-20-3-4-21-19(14-20)6-10-26-23(21)24/h3-6,9-10,13-14,16,18,27H,7-8,11-12,15H2,1-2H3,(H2,24,26). The molecule has 152 valence electrons. The molecule has 1 fully saturated rings. The molecule has 3 N–H and O–H groups in total. The van der Waals surface area contributed by atoms with Crippen LogP contribution in [0.25, 0.3) is 10.8 Å². The quantitative estimate of drug-likeness (QED) is 0.663. The first-order valence-electron chi connectivity index (χ1n) is 10.3. The van der Waals surface area contributed by atoms with Gasteiger partial charge < -0.3 is 20.7 Å². The van der Waals surface area contributed by atoms with Crippen LogP contribution in [-0.4, -0.2) is 41.1 Å². The van der Waals surface area contributed by atoms with Gasteiger partial charge in [0.05, 0.1) is 0 Å². The predicted molar refractivity (Wildman–Crippen MR) is 118 cm³/mol. The predicted octanol–water partition coefficient (Wildman–Crippen LogP) is 3.93. The Morgan fingerprint density at radius 1 is 1.14 bits per heavy atom. The topological polar surface area (TPSA) is 76.3 Å². The van der Waals surface area contributed by atoms with Crippen LogP contribution in [0.3, 0.4) is 0 Å². The number of hydrogen-bond acceptors (Lipinski definition) is 6. The molecule has 6 heteroatoms. The number of aromatic nitrogens is 2. The van der Waals surface area contributed by atoms with Crippen molar-refractivity contribution in [1.29, 1.82) is 0 Å². The van der Waals surface area contributed by atoms with E-state index in [-0.39, 0.29) is 6.10 Å². The summed E-state index contributed by atoms with van der Waals surface area (Å²) < 4.78 is 6.17. The maximum absolute atomic E-state index is 6.17. The Hall–Kier alpha value is -2.86. The van der Waals surface area contributed by atoms with E-state index in [0.29, 0.717) is 24.2 Å². The number of likely N-dealkylation sites (tertiary alicyclic amines) is 1. The molecule has 1 aliphatic heterocycles. The summed E-state index contributed by atoms with van der Waals surface area (Å²) >= 11 is 0. The van der Waals surface area contributed by atoms with Crippen molar-refractivity contribution in [3.05, 3.63) is 54.4 Å². The molecule has 0 spiro atoms. The van der Waals surface area contributed by atoms with E-state index in [0.717, 1.165) is 35.1 Å². The molecule has 1 aromatic carbocycles. The van der Waals surface area contributed by atoms with Crippen LogP contribution in [-0.2, 0) is 6.54 Å². The minimum absolute atomic E-state index is 0.180. The highest BCUT2D eigenvalue weighted by molar-refractivity contribution is 5.92. The van der Waals surface area contributed by atoms with E-state index in [1.807, 2.05) is 36.5 Å². The number of rotatable bonds is 6. The first-order valence-corrected chi connectivity index (χ1v) is 10.3. The number of hydrogen-bond donors (Lipinski definition) is 2. The van der Waals surface area contributed by atoms with E-state index in [2.05, 4.69) is 40.2 Å². The summed E-state index contributed by atoms with van der Waals surface area (Å²) in [6, 6.07) is 12.1. The fourth-order valence-corrected chi connectivity index (χ4v) is 3.92. The molecular formula is C23H29N5O. The number of nitrogens with zero attached hydrogens (tertiary/aromatic N) is 3. The number of nitrogens with two attached hydrogens (primary N) is 1. The van der Waals surface area contributed by atoms with Gasteiger partial charge >= 0.3 is 0 Å². The Bertz CT molecular complexity index is 968. The lowest BCUT2D eigenvalue weighted by atomic mass is 9.92. The van der Waals surface area contributed by atoms with Gasteiger partial charge in [-0.15, -0.1) is 0 Å². The Kier molecular flexibility index (Phi) is 5.81. The first kappa shape index (κ1) is 19.5. The van der Waals surface area contributed by atoms with Crippen LogP contribution in [0, 0.1) is 5.92 Å². The SMILES string of the molecule is CC(Oc1cc(CNc2ccc3c(N)nccc3c2)ccn1)C1CCN(C)CC1. The van der Waals surface area contributed by atoms with Gasteiger partial charge in [0, 0.05) is 36.1 Å². The van der Waals surface area contributed by atoms with Gasteiger partial charge in [-0.3, -0.25) is 0 Å². The number of nitrogens with one attached hydrogen (secondary N) is 1. The van der Waals surface area contributed by atoms with Crippen molar-refractivity contribution in [3.8, 4) is 5.88 Å². The largest absolute Gasteiger partial charge is 0.474 e. The molecule has 0 amide bonds. The van der Waals surface area contributed by atoms with Gasteiger partial charge in [0.2, 0.25) is 5.88 Å². The van der Waals surface area contributed by atoms with E-state index >= 15 is 0 Å². The minimum Gasteiger partial charge on any atom is -0.474 e. The van der Waals surface area contributed by atoms with Crippen LogP contribution in [0.5, 0.6) is 5.88 Å². The zero-order valence-electron chi connectivity index (χ0n) is 17.1. The summed E-state index contributed by atoms with van der Waals surface area (Å²) in [5.74, 6) is 1.85. The van der Waals surface area contributed by atoms with Crippen LogP contribution in [0.1, 0.15) is 25.3 Å². The minimum atomic E-state index is 0.180. The molecular weight excluding hydrogens is 362 g/mol. The van der Waals surface area contributed by atoms with Crippen molar-refractivity contribution in [1.82, 2.24) is 14.9 Å². The summed E-state index contributed by atoms with van der Waals surface area (Å²) in [4.78, 5) is 10.9. The van der Waals surface area contributed by atoms with E-state index in [1.165, 1.54) is 12.8 Å². The molecule has 0 radical (unpaired) electrons. The number of anilines is 2. The average molecular weight is 392 g/mol. The van der Waals surface area contributed by atoms with Gasteiger partial charge in [0.25, 0.3) is 0 Å². The van der Waals surface area contributed by atoms with Crippen molar-refractivity contribution in [2.75, 3.05) is 31.2 Å². The van der Waals surface area contributed by atoms with Crippen LogP contribution < -0.4 is 15.8 Å². The third-order valence-electron chi connectivity index (χ3n) is 5.82. The Morgan fingerprint density at radius 3 is 2.76 bits per heavy atom. The third-order valence-corrected chi connectivity index (χ3v) is 5.82. The highest BCUT2D eigenvalue weighted by Crippen LogP contribution is 2.25. The summed E-state index contributed by atoms with van der Waals surface area (Å²) in [6.45, 7) is 5.15. The van der Waals surface area contributed by atoms with Crippen molar-refractivity contribution >= 4 is 22.3 Å². The Labute approximate surface area is 172 Å². The first-order chi connectivity index (χ1) is 14.1. The molecule has 1 saturated heterocycles. The normalized spacial score (nSPS) is 16.6. The van der Waals surface area contributed by atoms with E-state index in [9.17, 15) is 0 Å². The maximum atomic E-state index is 6.17. The third kappa shape index (κ3) is 4.77. The van der Waals surface area contributed by atoms with Crippen molar-refractivity contribution < 1.29 is 4.74 Å². The zero-order chi connectivity index (χ0) is 20.2. The molecule has 0 bridgehead atoms. The van der Waals surface area contributed by atoms with Crippen LogP contribution in [0.15, 0.2) is 48.8 Å². The van der Waals surface area contributed by atoms with Crippen LogP contribution >= 0.6 is 0 Å². The lowest BCUT2D eigenvalue weighted by Gasteiger charge is -2.32. The number of nitrogen functional groups attached to an aromatic ring is 1. The lowest BCUT2D eigenvalue weighted by molar-refractivity contribution is 0.0940. The average Bonchev–Trinajstić information content (AvgIpc) is 2.73. The second-order valence-corrected chi connectivity index (χ2v) is 7.95. The molecule has 6 nitrogen and oxygen atoms in total. The summed E-state index contributed by atoms with van der Waals surface area (Å²) in [7, 11) is 2.18. The monoisotopic (exact) mass is 391 g/mol. The molecule has 0 aliphatic carbocycles. The van der Waals surface area contributed by atoms with Crippen molar-refractivity contribution in [2.24, 2.45) is 5.92 Å². The summed E-state index contributed by atoms with van der Waals surface area (Å²) in [5, 5.41) is 5.52. The fourth-order valence-electron chi connectivity index (χ4n) is 3.92. The molecule has 4 rings (SSSR count). The zero-order valence-corrected chi connectivity index (χ0v) is 17.1.